The number of allylic oxidation sites excluding steroid dienone is 6. The van der Waals surface area contributed by atoms with Gasteiger partial charge in [0.1, 0.15) is 13.2 Å². The van der Waals surface area contributed by atoms with Crippen molar-refractivity contribution >= 4 is 17.9 Å². The van der Waals surface area contributed by atoms with Crippen LogP contribution in [0.15, 0.2) is 36.5 Å². The number of carbonyl (C=O) groups is 3. The van der Waals surface area contributed by atoms with E-state index in [2.05, 4.69) is 57.2 Å². The van der Waals surface area contributed by atoms with Crippen LogP contribution in [-0.2, 0) is 28.6 Å². The Balaban J connectivity index is 4.27. The first-order valence-electron chi connectivity index (χ1n) is 35.5. The van der Waals surface area contributed by atoms with Crippen LogP contribution < -0.4 is 0 Å². The maximum absolute atomic E-state index is 13.0. The number of esters is 3. The molecule has 464 valence electrons. The van der Waals surface area contributed by atoms with Crippen molar-refractivity contribution in [3.63, 3.8) is 0 Å². The molecule has 0 aliphatic carbocycles. The van der Waals surface area contributed by atoms with Gasteiger partial charge >= 0.3 is 17.9 Å². The van der Waals surface area contributed by atoms with E-state index in [0.29, 0.717) is 19.3 Å². The van der Waals surface area contributed by atoms with Crippen molar-refractivity contribution in [1.29, 1.82) is 0 Å². The first-order valence-corrected chi connectivity index (χ1v) is 35.5. The Labute approximate surface area is 493 Å². The van der Waals surface area contributed by atoms with Gasteiger partial charge in [-0.1, -0.05) is 333 Å². The van der Waals surface area contributed by atoms with Crippen LogP contribution in [0.5, 0.6) is 0 Å². The highest BCUT2D eigenvalue weighted by atomic mass is 16.6. The second kappa shape index (κ2) is 68.1. The molecular formula is C73H136O6. The van der Waals surface area contributed by atoms with Crippen LogP contribution in [0.25, 0.3) is 0 Å². The van der Waals surface area contributed by atoms with Crippen molar-refractivity contribution in [2.24, 2.45) is 0 Å². The molecule has 0 fully saturated rings. The lowest BCUT2D eigenvalue weighted by Gasteiger charge is -2.18. The maximum atomic E-state index is 13.0. The van der Waals surface area contributed by atoms with Crippen LogP contribution in [0.4, 0.5) is 0 Å². The van der Waals surface area contributed by atoms with E-state index in [1.807, 2.05) is 0 Å². The predicted molar refractivity (Wildman–Crippen MR) is 344 cm³/mol. The zero-order valence-electron chi connectivity index (χ0n) is 53.4. The molecule has 0 aromatic rings. The molecule has 79 heavy (non-hydrogen) atoms. The third kappa shape index (κ3) is 66.3. The average Bonchev–Trinajstić information content (AvgIpc) is 3.45. The van der Waals surface area contributed by atoms with E-state index in [1.165, 1.54) is 276 Å². The SMILES string of the molecule is CCCCC/C=C\C/C=C\CCCCCCCC(=O)OCC(COC(=O)CCCCCCCCCCCCCCC/C=C\CCCCCCCCCC)OC(=O)CCCCCCCCCCCCCCCCCCCCCCC. The lowest BCUT2D eigenvalue weighted by molar-refractivity contribution is -0.167. The minimum absolute atomic E-state index is 0.0718. The van der Waals surface area contributed by atoms with E-state index >= 15 is 0 Å². The van der Waals surface area contributed by atoms with Gasteiger partial charge in [-0.3, -0.25) is 14.4 Å². The van der Waals surface area contributed by atoms with E-state index in [4.69, 9.17) is 14.2 Å². The van der Waals surface area contributed by atoms with Gasteiger partial charge in [0.15, 0.2) is 6.10 Å². The highest BCUT2D eigenvalue weighted by Crippen LogP contribution is 2.18. The van der Waals surface area contributed by atoms with Crippen LogP contribution >= 0.6 is 0 Å². The Hall–Kier alpha value is -2.37. The number of rotatable bonds is 66. The molecule has 0 amide bonds. The van der Waals surface area contributed by atoms with Gasteiger partial charge in [0.2, 0.25) is 0 Å². The van der Waals surface area contributed by atoms with Gasteiger partial charge in [0.25, 0.3) is 0 Å². The summed E-state index contributed by atoms with van der Waals surface area (Å²) in [6.45, 7) is 6.68. The quantitative estimate of drug-likeness (QED) is 0.0261. The van der Waals surface area contributed by atoms with E-state index in [0.717, 1.165) is 77.0 Å². The summed E-state index contributed by atoms with van der Waals surface area (Å²) >= 11 is 0. The van der Waals surface area contributed by atoms with Crippen molar-refractivity contribution in [3.8, 4) is 0 Å². The molecule has 0 saturated heterocycles. The van der Waals surface area contributed by atoms with Gasteiger partial charge in [-0.05, 0) is 77.0 Å². The van der Waals surface area contributed by atoms with E-state index in [-0.39, 0.29) is 31.1 Å². The topological polar surface area (TPSA) is 78.9 Å². The fourth-order valence-corrected chi connectivity index (χ4v) is 10.8. The first kappa shape index (κ1) is 76.6. The van der Waals surface area contributed by atoms with Crippen LogP contribution in [-0.4, -0.2) is 37.2 Å². The minimum atomic E-state index is -0.776. The zero-order valence-corrected chi connectivity index (χ0v) is 53.4. The monoisotopic (exact) mass is 1110 g/mol. The molecule has 1 unspecified atom stereocenters. The number of unbranched alkanes of at least 4 members (excludes halogenated alkanes) is 49. The third-order valence-electron chi connectivity index (χ3n) is 16.1. The molecule has 0 heterocycles. The normalized spacial score (nSPS) is 12.2. The summed E-state index contributed by atoms with van der Waals surface area (Å²) in [5.41, 5.74) is 0. The van der Waals surface area contributed by atoms with Crippen LogP contribution in [0, 0.1) is 0 Å². The predicted octanol–water partition coefficient (Wildman–Crippen LogP) is 24.3. The largest absolute Gasteiger partial charge is 0.462 e. The molecule has 6 heteroatoms. The number of ether oxygens (including phenoxy) is 3. The number of hydrogen-bond donors (Lipinski definition) is 0. The molecule has 0 aliphatic rings. The van der Waals surface area contributed by atoms with Gasteiger partial charge in [-0.2, -0.15) is 0 Å². The van der Waals surface area contributed by atoms with Crippen molar-refractivity contribution < 1.29 is 28.6 Å². The summed E-state index contributed by atoms with van der Waals surface area (Å²) in [7, 11) is 0. The van der Waals surface area contributed by atoms with Crippen molar-refractivity contribution in [2.75, 3.05) is 13.2 Å². The fraction of sp³-hybridized carbons (Fsp3) is 0.877. The Kier molecular flexibility index (Phi) is 66.1. The Morgan fingerprint density at radius 1 is 0.253 bits per heavy atom. The first-order chi connectivity index (χ1) is 39.0. The molecule has 0 N–H and O–H groups in total. The zero-order chi connectivity index (χ0) is 57.1. The number of carbonyl (C=O) groups excluding carboxylic acids is 3. The van der Waals surface area contributed by atoms with Gasteiger partial charge < -0.3 is 14.2 Å². The number of hydrogen-bond acceptors (Lipinski definition) is 6. The lowest BCUT2D eigenvalue weighted by atomic mass is 10.0. The highest BCUT2D eigenvalue weighted by molar-refractivity contribution is 5.71. The molecule has 0 bridgehead atoms. The summed E-state index contributed by atoms with van der Waals surface area (Å²) in [6, 6.07) is 0. The Morgan fingerprint density at radius 2 is 0.456 bits per heavy atom. The van der Waals surface area contributed by atoms with E-state index in [9.17, 15) is 14.4 Å². The lowest BCUT2D eigenvalue weighted by Crippen LogP contribution is -2.30. The van der Waals surface area contributed by atoms with Crippen LogP contribution in [0.2, 0.25) is 0 Å². The van der Waals surface area contributed by atoms with Gasteiger partial charge in [0.05, 0.1) is 0 Å². The van der Waals surface area contributed by atoms with Gasteiger partial charge in [-0.25, -0.2) is 0 Å². The van der Waals surface area contributed by atoms with Crippen LogP contribution in [0.3, 0.4) is 0 Å². The van der Waals surface area contributed by atoms with Crippen molar-refractivity contribution in [1.82, 2.24) is 0 Å². The van der Waals surface area contributed by atoms with E-state index < -0.39 is 6.10 Å². The molecule has 0 saturated carbocycles. The van der Waals surface area contributed by atoms with Gasteiger partial charge in [0, 0.05) is 19.3 Å². The molecule has 0 aliphatic heterocycles. The minimum Gasteiger partial charge on any atom is -0.462 e. The molecule has 0 aromatic heterocycles. The van der Waals surface area contributed by atoms with E-state index in [1.54, 1.807) is 0 Å². The molecule has 0 aromatic carbocycles. The molecular weight excluding hydrogens is 973 g/mol. The van der Waals surface area contributed by atoms with Crippen molar-refractivity contribution in [2.45, 2.75) is 399 Å². The Bertz CT molecular complexity index is 1320. The highest BCUT2D eigenvalue weighted by Gasteiger charge is 2.19. The fourth-order valence-electron chi connectivity index (χ4n) is 10.8. The summed E-state index contributed by atoms with van der Waals surface area (Å²) in [4.78, 5) is 38.4. The van der Waals surface area contributed by atoms with Crippen molar-refractivity contribution in [3.05, 3.63) is 36.5 Å². The average molecular weight is 1110 g/mol. The summed E-state index contributed by atoms with van der Waals surface area (Å²) < 4.78 is 17.0. The standard InChI is InChI=1S/C73H136O6/c1-4-7-10-13-16-19-22-25-28-30-32-34-35-36-37-39-40-42-45-48-51-54-57-60-63-66-72(75)78-69-70(68-77-71(74)65-62-59-56-53-50-47-44-27-24-21-18-15-12-9-6-3)79-73(76)67-64-61-58-55-52-49-46-43-41-38-33-31-29-26-23-20-17-14-11-8-5-2/h18,21,27,30,32,44,70H,4-17,19-20,22-26,28-29,31,33-43,45-69H2,1-3H3/b21-18-,32-30-,44-27-. The molecule has 1 atom stereocenters. The molecule has 0 spiro atoms. The second-order valence-electron chi connectivity index (χ2n) is 24.1. The summed E-state index contributed by atoms with van der Waals surface area (Å²) in [5, 5.41) is 0. The third-order valence-corrected chi connectivity index (χ3v) is 16.1. The maximum Gasteiger partial charge on any atom is 0.306 e. The second-order valence-corrected chi connectivity index (χ2v) is 24.1. The molecule has 0 rings (SSSR count). The molecule has 6 nitrogen and oxygen atoms in total. The Morgan fingerprint density at radius 3 is 0.734 bits per heavy atom. The molecule has 0 radical (unpaired) electrons. The summed E-state index contributed by atoms with van der Waals surface area (Å²) in [6.07, 6.45) is 84.6. The van der Waals surface area contributed by atoms with Gasteiger partial charge in [-0.15, -0.1) is 0 Å². The smallest absolute Gasteiger partial charge is 0.306 e. The van der Waals surface area contributed by atoms with Crippen LogP contribution in [0.1, 0.15) is 393 Å². The summed E-state index contributed by atoms with van der Waals surface area (Å²) in [5.74, 6) is -0.857.